The van der Waals surface area contributed by atoms with Crippen LogP contribution < -0.4 is 15.8 Å². The number of halogens is 1. The second kappa shape index (κ2) is 11.3. The van der Waals surface area contributed by atoms with Crippen LogP contribution in [-0.4, -0.2) is 32.3 Å². The number of rotatable bonds is 9. The summed E-state index contributed by atoms with van der Waals surface area (Å²) in [6, 6.07) is 6.06. The summed E-state index contributed by atoms with van der Waals surface area (Å²) in [5.41, 5.74) is 7.91. The van der Waals surface area contributed by atoms with Crippen LogP contribution in [0, 0.1) is 18.8 Å². The lowest BCUT2D eigenvalue weighted by Crippen LogP contribution is -2.34. The summed E-state index contributed by atoms with van der Waals surface area (Å²) in [6.45, 7) is 6.83. The zero-order valence-electron chi connectivity index (χ0n) is 15.3. The van der Waals surface area contributed by atoms with Crippen LogP contribution in [0.3, 0.4) is 0 Å². The summed E-state index contributed by atoms with van der Waals surface area (Å²) >= 11 is 0. The Hall–Kier alpha value is -1.30. The predicted molar refractivity (Wildman–Crippen MR) is 102 cm³/mol. The molecule has 1 fully saturated rings. The summed E-state index contributed by atoms with van der Waals surface area (Å²) in [7, 11) is 0. The number of ether oxygens (including phenoxy) is 2. The highest BCUT2D eigenvalue weighted by Crippen LogP contribution is 2.31. The van der Waals surface area contributed by atoms with Gasteiger partial charge >= 0.3 is 0 Å². The van der Waals surface area contributed by atoms with Gasteiger partial charge in [0.15, 0.2) is 0 Å². The summed E-state index contributed by atoms with van der Waals surface area (Å²) in [6.07, 6.45) is 3.10. The second-order valence-electron chi connectivity index (χ2n) is 6.41. The van der Waals surface area contributed by atoms with Gasteiger partial charge in [-0.1, -0.05) is 18.6 Å². The van der Waals surface area contributed by atoms with Crippen LogP contribution in [0.4, 0.5) is 0 Å². The van der Waals surface area contributed by atoms with Crippen LogP contribution in [0.15, 0.2) is 18.2 Å². The number of benzene rings is 1. The molecule has 0 saturated heterocycles. The van der Waals surface area contributed by atoms with Gasteiger partial charge in [0, 0.05) is 24.6 Å². The summed E-state index contributed by atoms with van der Waals surface area (Å²) < 4.78 is 11.1. The summed E-state index contributed by atoms with van der Waals surface area (Å²) in [4.78, 5) is 12.4. The molecule has 3 N–H and O–H groups in total. The van der Waals surface area contributed by atoms with Gasteiger partial charge in [-0.25, -0.2) is 0 Å². The third-order valence-electron chi connectivity index (χ3n) is 4.66. The van der Waals surface area contributed by atoms with Crippen LogP contribution in [0.2, 0.25) is 0 Å². The summed E-state index contributed by atoms with van der Waals surface area (Å²) in [5, 5.41) is 3.06. The fourth-order valence-corrected chi connectivity index (χ4v) is 3.27. The molecule has 0 spiro atoms. The molecule has 1 amide bonds. The minimum absolute atomic E-state index is 0. The fraction of sp³-hybridized carbons (Fsp3) is 0.632. The second-order valence-corrected chi connectivity index (χ2v) is 6.41. The minimum atomic E-state index is 0. The third kappa shape index (κ3) is 6.49. The average molecular weight is 371 g/mol. The van der Waals surface area contributed by atoms with Gasteiger partial charge in [0.25, 0.3) is 0 Å². The van der Waals surface area contributed by atoms with Crippen molar-refractivity contribution in [3.05, 3.63) is 29.3 Å². The molecule has 1 aliphatic carbocycles. The van der Waals surface area contributed by atoms with Gasteiger partial charge in [-0.05, 0) is 50.8 Å². The molecular formula is C19H31ClN2O3. The summed E-state index contributed by atoms with van der Waals surface area (Å²) in [5.74, 6) is 1.31. The molecule has 0 heterocycles. The molecule has 2 atom stereocenters. The van der Waals surface area contributed by atoms with Crippen LogP contribution in [0.25, 0.3) is 0 Å². The predicted octanol–water partition coefficient (Wildman–Crippen LogP) is 2.82. The van der Waals surface area contributed by atoms with Gasteiger partial charge in [-0.3, -0.25) is 4.79 Å². The molecule has 1 aliphatic rings. The number of hydrogen-bond donors (Lipinski definition) is 2. The Morgan fingerprint density at radius 1 is 1.32 bits per heavy atom. The third-order valence-corrected chi connectivity index (χ3v) is 4.66. The van der Waals surface area contributed by atoms with Crippen molar-refractivity contribution >= 4 is 18.3 Å². The standard InChI is InChI=1S/C19H30N2O3.ClH/c1-3-23-9-10-24-18-11-14(2)7-8-16(18)13-21-19(22)17-6-4-5-15(17)12-20;/h7-8,11,15,17H,3-6,9-10,12-13,20H2,1-2H3,(H,21,22);1H/t15-,17-;/m1./s1. The molecule has 2 rings (SSSR count). The number of nitrogens with two attached hydrogens (primary N) is 1. The Morgan fingerprint density at radius 2 is 2.12 bits per heavy atom. The van der Waals surface area contributed by atoms with Crippen molar-refractivity contribution in [2.24, 2.45) is 17.6 Å². The van der Waals surface area contributed by atoms with E-state index in [0.29, 0.717) is 38.8 Å². The maximum absolute atomic E-state index is 12.4. The molecule has 0 radical (unpaired) electrons. The van der Waals surface area contributed by atoms with E-state index in [1.807, 2.05) is 32.0 Å². The van der Waals surface area contributed by atoms with Gasteiger partial charge < -0.3 is 20.5 Å². The molecule has 1 saturated carbocycles. The first-order valence-electron chi connectivity index (χ1n) is 8.93. The van der Waals surface area contributed by atoms with Crippen molar-refractivity contribution in [2.75, 3.05) is 26.4 Å². The van der Waals surface area contributed by atoms with E-state index in [-0.39, 0.29) is 24.2 Å². The largest absolute Gasteiger partial charge is 0.491 e. The number of nitrogens with one attached hydrogen (secondary N) is 1. The van der Waals surface area contributed by atoms with Crippen molar-refractivity contribution in [1.29, 1.82) is 0 Å². The van der Waals surface area contributed by atoms with E-state index in [4.69, 9.17) is 15.2 Å². The molecule has 1 aromatic rings. The van der Waals surface area contributed by atoms with Gasteiger partial charge in [0.1, 0.15) is 12.4 Å². The molecule has 0 bridgehead atoms. The average Bonchev–Trinajstić information content (AvgIpc) is 3.06. The van der Waals surface area contributed by atoms with Crippen LogP contribution >= 0.6 is 12.4 Å². The smallest absolute Gasteiger partial charge is 0.223 e. The van der Waals surface area contributed by atoms with Crippen molar-refractivity contribution in [3.63, 3.8) is 0 Å². The first-order chi connectivity index (χ1) is 11.7. The van der Waals surface area contributed by atoms with Gasteiger partial charge in [0.2, 0.25) is 5.91 Å². The molecule has 0 aromatic heterocycles. The van der Waals surface area contributed by atoms with Crippen LogP contribution in [0.5, 0.6) is 5.75 Å². The van der Waals surface area contributed by atoms with Crippen LogP contribution in [0.1, 0.15) is 37.3 Å². The molecule has 1 aromatic carbocycles. The molecule has 6 heteroatoms. The monoisotopic (exact) mass is 370 g/mol. The highest BCUT2D eigenvalue weighted by atomic mass is 35.5. The normalized spacial score (nSPS) is 19.3. The molecule has 142 valence electrons. The number of carbonyl (C=O) groups is 1. The molecular weight excluding hydrogens is 340 g/mol. The fourth-order valence-electron chi connectivity index (χ4n) is 3.27. The van der Waals surface area contributed by atoms with E-state index in [9.17, 15) is 4.79 Å². The lowest BCUT2D eigenvalue weighted by Gasteiger charge is -2.18. The first kappa shape index (κ1) is 21.7. The van der Waals surface area contributed by atoms with E-state index in [0.717, 1.165) is 36.1 Å². The Labute approximate surface area is 157 Å². The van der Waals surface area contributed by atoms with Crippen molar-refractivity contribution in [1.82, 2.24) is 5.32 Å². The number of hydrogen-bond acceptors (Lipinski definition) is 4. The Bertz CT molecular complexity index is 539. The van der Waals surface area contributed by atoms with E-state index in [1.165, 1.54) is 0 Å². The lowest BCUT2D eigenvalue weighted by atomic mass is 9.95. The van der Waals surface area contributed by atoms with Crippen molar-refractivity contribution in [3.8, 4) is 5.75 Å². The number of amides is 1. The molecule has 0 aliphatic heterocycles. The van der Waals surface area contributed by atoms with E-state index in [2.05, 4.69) is 5.32 Å². The number of carbonyl (C=O) groups excluding carboxylic acids is 1. The number of aryl methyl sites for hydroxylation is 1. The highest BCUT2D eigenvalue weighted by Gasteiger charge is 2.31. The molecule has 5 nitrogen and oxygen atoms in total. The highest BCUT2D eigenvalue weighted by molar-refractivity contribution is 5.85. The Balaban J connectivity index is 0.00000312. The maximum atomic E-state index is 12.4. The van der Waals surface area contributed by atoms with E-state index in [1.54, 1.807) is 0 Å². The van der Waals surface area contributed by atoms with E-state index >= 15 is 0 Å². The van der Waals surface area contributed by atoms with Gasteiger partial charge in [0.05, 0.1) is 6.61 Å². The molecule has 0 unspecified atom stereocenters. The van der Waals surface area contributed by atoms with Crippen molar-refractivity contribution in [2.45, 2.75) is 39.7 Å². The first-order valence-corrected chi connectivity index (χ1v) is 8.93. The minimum Gasteiger partial charge on any atom is -0.491 e. The maximum Gasteiger partial charge on any atom is 0.223 e. The zero-order valence-corrected chi connectivity index (χ0v) is 16.1. The SMILES string of the molecule is CCOCCOc1cc(C)ccc1CNC(=O)[C@@H]1CCC[C@@H]1CN.Cl. The van der Waals surface area contributed by atoms with Crippen molar-refractivity contribution < 1.29 is 14.3 Å². The van der Waals surface area contributed by atoms with Crippen LogP contribution in [-0.2, 0) is 16.1 Å². The molecule has 25 heavy (non-hydrogen) atoms. The van der Waals surface area contributed by atoms with Gasteiger partial charge in [-0.15, -0.1) is 12.4 Å². The Morgan fingerprint density at radius 3 is 2.84 bits per heavy atom. The zero-order chi connectivity index (χ0) is 17.4. The Kier molecular flexibility index (Phi) is 9.86. The van der Waals surface area contributed by atoms with Gasteiger partial charge in [-0.2, -0.15) is 0 Å². The topological polar surface area (TPSA) is 73.6 Å². The lowest BCUT2D eigenvalue weighted by molar-refractivity contribution is -0.126. The quantitative estimate of drug-likeness (QED) is 0.655. The van der Waals surface area contributed by atoms with E-state index < -0.39 is 0 Å².